The molecule has 1 aromatic rings. The molecule has 6 nitrogen and oxygen atoms in total. The second-order valence-electron chi connectivity index (χ2n) is 5.54. The fraction of sp³-hybridized carbons (Fsp3) is 0.632. The van der Waals surface area contributed by atoms with Gasteiger partial charge in [0.05, 0.1) is 19.6 Å². The summed E-state index contributed by atoms with van der Waals surface area (Å²) in [5.41, 5.74) is 0.934. The van der Waals surface area contributed by atoms with E-state index in [1.807, 2.05) is 6.92 Å². The normalized spacial score (nSPS) is 13.7. The molecule has 1 N–H and O–H groups in total. The van der Waals surface area contributed by atoms with E-state index in [0.29, 0.717) is 32.0 Å². The summed E-state index contributed by atoms with van der Waals surface area (Å²) in [7, 11) is 0. The Morgan fingerprint density at radius 2 is 1.64 bits per heavy atom. The molecule has 2 rings (SSSR count). The van der Waals surface area contributed by atoms with Crippen molar-refractivity contribution in [2.45, 2.75) is 47.0 Å². The predicted molar refractivity (Wildman–Crippen MR) is 98.1 cm³/mol. The lowest BCUT2D eigenvalue weighted by Crippen LogP contribution is -2.29. The minimum atomic E-state index is -0.191. The van der Waals surface area contributed by atoms with Gasteiger partial charge in [-0.25, -0.2) is 0 Å². The molecule has 0 saturated carbocycles. The predicted octanol–water partition coefficient (Wildman–Crippen LogP) is 2.76. The zero-order valence-corrected chi connectivity index (χ0v) is 14.6. The number of esters is 2. The van der Waals surface area contributed by atoms with Gasteiger partial charge in [0.15, 0.2) is 0 Å². The van der Waals surface area contributed by atoms with E-state index in [-0.39, 0.29) is 19.4 Å². The number of carbonyl (C=O) groups excluding carboxylic acids is 2. The standard InChI is InChI=1S/C9H17NO2.C9H11NO2.CH4/c2*1-2-12-9(11)7-8-3-5-10-6-4-8;/h8,10H,2-7H2,1H3;3-6H,2,7H2,1H3;1H4. The second-order valence-corrected chi connectivity index (χ2v) is 5.54. The van der Waals surface area contributed by atoms with Crippen molar-refractivity contribution in [2.75, 3.05) is 26.3 Å². The summed E-state index contributed by atoms with van der Waals surface area (Å²) in [5.74, 6) is 0.318. The number of hydrogen-bond donors (Lipinski definition) is 1. The number of nitrogens with one attached hydrogen (secondary N) is 1. The summed E-state index contributed by atoms with van der Waals surface area (Å²) < 4.78 is 9.67. The Balaban J connectivity index is 0.000000443. The summed E-state index contributed by atoms with van der Waals surface area (Å²) in [5, 5.41) is 3.27. The maximum atomic E-state index is 11.1. The Morgan fingerprint density at radius 1 is 1.08 bits per heavy atom. The molecule has 0 unspecified atom stereocenters. The number of piperidine rings is 1. The van der Waals surface area contributed by atoms with Crippen molar-refractivity contribution in [1.82, 2.24) is 10.3 Å². The van der Waals surface area contributed by atoms with E-state index < -0.39 is 0 Å². The smallest absolute Gasteiger partial charge is 0.310 e. The minimum absolute atomic E-state index is 0. The van der Waals surface area contributed by atoms with Gasteiger partial charge in [-0.15, -0.1) is 0 Å². The molecule has 142 valence electrons. The van der Waals surface area contributed by atoms with Gasteiger partial charge in [0.25, 0.3) is 0 Å². The van der Waals surface area contributed by atoms with Crippen LogP contribution >= 0.6 is 0 Å². The number of aromatic nitrogens is 1. The number of ether oxygens (including phenoxy) is 2. The van der Waals surface area contributed by atoms with Gasteiger partial charge in [-0.05, 0) is 63.4 Å². The molecule has 0 radical (unpaired) electrons. The van der Waals surface area contributed by atoms with Crippen LogP contribution in [0.15, 0.2) is 24.5 Å². The average Bonchev–Trinajstić information content (AvgIpc) is 2.58. The third-order valence-electron chi connectivity index (χ3n) is 3.62. The lowest BCUT2D eigenvalue weighted by Gasteiger charge is -2.21. The van der Waals surface area contributed by atoms with E-state index in [9.17, 15) is 9.59 Å². The molecule has 1 aliphatic rings. The van der Waals surface area contributed by atoms with Crippen LogP contribution in [0, 0.1) is 5.92 Å². The molecule has 1 aromatic heterocycles. The largest absolute Gasteiger partial charge is 0.466 e. The van der Waals surface area contributed by atoms with E-state index in [1.54, 1.807) is 31.5 Å². The third kappa shape index (κ3) is 11.3. The molecule has 0 atom stereocenters. The van der Waals surface area contributed by atoms with Gasteiger partial charge in [-0.3, -0.25) is 14.6 Å². The Bertz CT molecular complexity index is 474. The van der Waals surface area contributed by atoms with Crippen LogP contribution in [0.2, 0.25) is 0 Å². The van der Waals surface area contributed by atoms with E-state index in [1.165, 1.54) is 0 Å². The summed E-state index contributed by atoms with van der Waals surface area (Å²) in [6.45, 7) is 6.67. The Labute approximate surface area is 151 Å². The summed E-state index contributed by atoms with van der Waals surface area (Å²) in [6.07, 6.45) is 6.48. The highest BCUT2D eigenvalue weighted by atomic mass is 16.5. The highest BCUT2D eigenvalue weighted by molar-refractivity contribution is 5.72. The molecule has 0 spiro atoms. The quantitative estimate of drug-likeness (QED) is 0.793. The number of nitrogens with zero attached hydrogens (tertiary/aromatic N) is 1. The van der Waals surface area contributed by atoms with E-state index in [4.69, 9.17) is 9.47 Å². The average molecular weight is 352 g/mol. The number of hydrogen-bond acceptors (Lipinski definition) is 6. The summed E-state index contributed by atoms with van der Waals surface area (Å²) in [4.78, 5) is 25.9. The summed E-state index contributed by atoms with van der Waals surface area (Å²) in [6, 6.07) is 3.60. The van der Waals surface area contributed by atoms with Crippen molar-refractivity contribution < 1.29 is 19.1 Å². The van der Waals surface area contributed by atoms with Crippen molar-refractivity contribution in [3.8, 4) is 0 Å². The Kier molecular flexibility index (Phi) is 13.3. The molecule has 0 aromatic carbocycles. The fourth-order valence-electron chi connectivity index (χ4n) is 2.42. The molecule has 25 heavy (non-hydrogen) atoms. The highest BCUT2D eigenvalue weighted by Crippen LogP contribution is 2.16. The van der Waals surface area contributed by atoms with Crippen LogP contribution in [0.25, 0.3) is 0 Å². The Hall–Kier alpha value is -1.95. The Morgan fingerprint density at radius 3 is 2.20 bits per heavy atom. The lowest BCUT2D eigenvalue weighted by molar-refractivity contribution is -0.144. The van der Waals surface area contributed by atoms with E-state index in [0.717, 1.165) is 31.5 Å². The first-order chi connectivity index (χ1) is 11.7. The second kappa shape index (κ2) is 14.4. The van der Waals surface area contributed by atoms with Crippen LogP contribution in [0.4, 0.5) is 0 Å². The van der Waals surface area contributed by atoms with Gasteiger partial charge in [0.1, 0.15) is 0 Å². The van der Waals surface area contributed by atoms with Crippen LogP contribution in [0.1, 0.15) is 46.1 Å². The maximum absolute atomic E-state index is 11.1. The van der Waals surface area contributed by atoms with Gasteiger partial charge in [0.2, 0.25) is 0 Å². The molecule has 0 bridgehead atoms. The molecule has 1 saturated heterocycles. The molecule has 1 aliphatic heterocycles. The van der Waals surface area contributed by atoms with Crippen molar-refractivity contribution >= 4 is 11.9 Å². The highest BCUT2D eigenvalue weighted by Gasteiger charge is 2.16. The number of rotatable bonds is 6. The monoisotopic (exact) mass is 352 g/mol. The molecule has 0 aliphatic carbocycles. The SMILES string of the molecule is C.CCOC(=O)CC1CCNCC1.CCOC(=O)Cc1ccncc1. The first-order valence-electron chi connectivity index (χ1n) is 8.56. The van der Waals surface area contributed by atoms with E-state index in [2.05, 4.69) is 10.3 Å². The van der Waals surface area contributed by atoms with Crippen LogP contribution in [0.3, 0.4) is 0 Å². The number of pyridine rings is 1. The molecule has 0 amide bonds. The topological polar surface area (TPSA) is 77.5 Å². The molecule has 1 fully saturated rings. The zero-order valence-electron chi connectivity index (χ0n) is 14.6. The van der Waals surface area contributed by atoms with Gasteiger partial charge in [0, 0.05) is 18.8 Å². The first-order valence-corrected chi connectivity index (χ1v) is 8.56. The molecular formula is C19H32N2O4. The van der Waals surface area contributed by atoms with Gasteiger partial charge >= 0.3 is 11.9 Å². The van der Waals surface area contributed by atoms with Crippen molar-refractivity contribution in [3.05, 3.63) is 30.1 Å². The maximum Gasteiger partial charge on any atom is 0.310 e. The van der Waals surface area contributed by atoms with E-state index >= 15 is 0 Å². The molecule has 6 heteroatoms. The lowest BCUT2D eigenvalue weighted by atomic mass is 9.95. The molecule has 2 heterocycles. The number of carbonyl (C=O) groups is 2. The van der Waals surface area contributed by atoms with Crippen LogP contribution in [-0.2, 0) is 25.5 Å². The minimum Gasteiger partial charge on any atom is -0.466 e. The zero-order chi connectivity index (χ0) is 17.6. The molecular weight excluding hydrogens is 320 g/mol. The van der Waals surface area contributed by atoms with Crippen LogP contribution < -0.4 is 5.32 Å². The van der Waals surface area contributed by atoms with Crippen molar-refractivity contribution in [2.24, 2.45) is 5.92 Å². The van der Waals surface area contributed by atoms with Crippen LogP contribution in [-0.4, -0.2) is 43.2 Å². The fourth-order valence-corrected chi connectivity index (χ4v) is 2.42. The summed E-state index contributed by atoms with van der Waals surface area (Å²) >= 11 is 0. The van der Waals surface area contributed by atoms with Gasteiger partial charge in [-0.1, -0.05) is 7.43 Å². The van der Waals surface area contributed by atoms with Gasteiger partial charge < -0.3 is 14.8 Å². The first kappa shape index (κ1) is 23.1. The van der Waals surface area contributed by atoms with Gasteiger partial charge in [-0.2, -0.15) is 0 Å². The van der Waals surface area contributed by atoms with Crippen molar-refractivity contribution in [3.63, 3.8) is 0 Å². The van der Waals surface area contributed by atoms with Crippen LogP contribution in [0.5, 0.6) is 0 Å². The third-order valence-corrected chi connectivity index (χ3v) is 3.62. The van der Waals surface area contributed by atoms with Crippen molar-refractivity contribution in [1.29, 1.82) is 0 Å².